The first-order chi connectivity index (χ1) is 15.1. The molecule has 2 aliphatic rings. The maximum atomic E-state index is 13.3. The van der Waals surface area contributed by atoms with Gasteiger partial charge >= 0.3 is 0 Å². The van der Waals surface area contributed by atoms with Crippen LogP contribution in [0.4, 0.5) is 0 Å². The SMILES string of the molecule is COc1ccc(-n2c(SCC(=O)NC[C@@H]3CCCO3)nc3c(c2=O)SCC3)cc1OC. The van der Waals surface area contributed by atoms with E-state index in [2.05, 4.69) is 5.32 Å². The van der Waals surface area contributed by atoms with E-state index in [4.69, 9.17) is 19.2 Å². The molecule has 1 fully saturated rings. The number of nitrogens with one attached hydrogen (secondary N) is 1. The van der Waals surface area contributed by atoms with E-state index in [0.717, 1.165) is 37.3 Å². The van der Waals surface area contributed by atoms with Gasteiger partial charge in [-0.25, -0.2) is 4.98 Å². The standard InChI is InChI=1S/C21H25N3O5S2/c1-27-16-6-5-13(10-17(16)28-2)24-20(26)19-15(7-9-30-19)23-21(24)31-12-18(25)22-11-14-4-3-8-29-14/h5-6,10,14H,3-4,7-9,11-12H2,1-2H3,(H,22,25)/t14-/m0/s1. The van der Waals surface area contributed by atoms with Crippen LogP contribution < -0.4 is 20.3 Å². The third-order valence-electron chi connectivity index (χ3n) is 5.18. The molecule has 10 heteroatoms. The van der Waals surface area contributed by atoms with Crippen LogP contribution in [0.25, 0.3) is 5.69 Å². The maximum absolute atomic E-state index is 13.3. The fourth-order valence-corrected chi connectivity index (χ4v) is 5.48. The van der Waals surface area contributed by atoms with E-state index < -0.39 is 0 Å². The van der Waals surface area contributed by atoms with E-state index in [1.165, 1.54) is 23.5 Å². The average molecular weight is 464 g/mol. The molecule has 0 saturated carbocycles. The Labute approximate surface area is 189 Å². The minimum Gasteiger partial charge on any atom is -0.493 e. The molecule has 1 aromatic heterocycles. The topological polar surface area (TPSA) is 91.7 Å². The van der Waals surface area contributed by atoms with Gasteiger partial charge in [-0.3, -0.25) is 14.2 Å². The van der Waals surface area contributed by atoms with Gasteiger partial charge in [-0.1, -0.05) is 11.8 Å². The number of methoxy groups -OCH3 is 2. The van der Waals surface area contributed by atoms with Crippen LogP contribution in [-0.2, 0) is 16.0 Å². The molecule has 1 atom stereocenters. The van der Waals surface area contributed by atoms with Crippen molar-refractivity contribution in [2.75, 3.05) is 38.9 Å². The molecule has 31 heavy (non-hydrogen) atoms. The summed E-state index contributed by atoms with van der Waals surface area (Å²) in [5.41, 5.74) is 1.30. The van der Waals surface area contributed by atoms with Gasteiger partial charge in [0.25, 0.3) is 5.56 Å². The number of thioether (sulfide) groups is 2. The summed E-state index contributed by atoms with van der Waals surface area (Å²) in [6.45, 7) is 1.26. The Bertz CT molecular complexity index is 1020. The number of fused-ring (bicyclic) bond motifs is 1. The molecule has 2 aromatic rings. The maximum Gasteiger partial charge on any atom is 0.272 e. The van der Waals surface area contributed by atoms with Crippen molar-refractivity contribution in [3.8, 4) is 17.2 Å². The number of hydrogen-bond acceptors (Lipinski definition) is 8. The molecule has 3 heterocycles. The summed E-state index contributed by atoms with van der Waals surface area (Å²) >= 11 is 2.78. The van der Waals surface area contributed by atoms with Crippen molar-refractivity contribution in [2.45, 2.75) is 35.4 Å². The van der Waals surface area contributed by atoms with Crippen LogP contribution in [0, 0.1) is 0 Å². The number of hydrogen-bond donors (Lipinski definition) is 1. The summed E-state index contributed by atoms with van der Waals surface area (Å²) in [4.78, 5) is 31.1. The lowest BCUT2D eigenvalue weighted by molar-refractivity contribution is -0.119. The summed E-state index contributed by atoms with van der Waals surface area (Å²) in [5, 5.41) is 3.41. The van der Waals surface area contributed by atoms with Crippen molar-refractivity contribution in [3.05, 3.63) is 34.2 Å². The fourth-order valence-electron chi connectivity index (χ4n) is 3.59. The highest BCUT2D eigenvalue weighted by atomic mass is 32.2. The molecule has 8 nitrogen and oxygen atoms in total. The second-order valence-corrected chi connectivity index (χ2v) is 9.22. The highest BCUT2D eigenvalue weighted by Crippen LogP contribution is 2.33. The molecule has 0 bridgehead atoms. The van der Waals surface area contributed by atoms with Crippen molar-refractivity contribution < 1.29 is 19.0 Å². The van der Waals surface area contributed by atoms with E-state index in [-0.39, 0.29) is 23.3 Å². The van der Waals surface area contributed by atoms with Crippen molar-refractivity contribution in [3.63, 3.8) is 0 Å². The van der Waals surface area contributed by atoms with Gasteiger partial charge in [0.2, 0.25) is 5.91 Å². The third-order valence-corrected chi connectivity index (χ3v) is 7.22. The minimum atomic E-state index is -0.123. The molecule has 0 unspecified atom stereocenters. The third kappa shape index (κ3) is 4.86. The number of carbonyl (C=O) groups excluding carboxylic acids is 1. The van der Waals surface area contributed by atoms with Crippen LogP contribution in [0.1, 0.15) is 18.5 Å². The molecule has 2 aliphatic heterocycles. The van der Waals surface area contributed by atoms with Crippen LogP contribution in [0.2, 0.25) is 0 Å². The highest BCUT2D eigenvalue weighted by molar-refractivity contribution is 8.00. The largest absolute Gasteiger partial charge is 0.493 e. The van der Waals surface area contributed by atoms with Crippen molar-refractivity contribution in [1.29, 1.82) is 0 Å². The fraction of sp³-hybridized carbons (Fsp3) is 0.476. The zero-order valence-electron chi connectivity index (χ0n) is 17.5. The lowest BCUT2D eigenvalue weighted by Gasteiger charge is -2.16. The quantitative estimate of drug-likeness (QED) is 0.471. The van der Waals surface area contributed by atoms with Gasteiger partial charge in [-0.2, -0.15) is 0 Å². The van der Waals surface area contributed by atoms with Gasteiger partial charge in [0.05, 0.1) is 42.4 Å². The van der Waals surface area contributed by atoms with Crippen molar-refractivity contribution in [2.24, 2.45) is 0 Å². The number of benzene rings is 1. The molecule has 1 saturated heterocycles. The summed E-state index contributed by atoms with van der Waals surface area (Å²) in [5.74, 6) is 1.98. The Morgan fingerprint density at radius 1 is 1.35 bits per heavy atom. The molecule has 0 spiro atoms. The minimum absolute atomic E-state index is 0.0917. The van der Waals surface area contributed by atoms with E-state index in [1.807, 2.05) is 0 Å². The number of carbonyl (C=O) groups is 1. The molecular formula is C21H25N3O5S2. The van der Waals surface area contributed by atoms with Gasteiger partial charge < -0.3 is 19.5 Å². The van der Waals surface area contributed by atoms with Gasteiger partial charge in [-0.05, 0) is 25.0 Å². The molecule has 1 N–H and O–H groups in total. The Kier molecular flexibility index (Phi) is 7.09. The lowest BCUT2D eigenvalue weighted by Crippen LogP contribution is -2.33. The Balaban J connectivity index is 1.59. The second kappa shape index (κ2) is 9.97. The van der Waals surface area contributed by atoms with E-state index >= 15 is 0 Å². The number of amides is 1. The highest BCUT2D eigenvalue weighted by Gasteiger charge is 2.24. The lowest BCUT2D eigenvalue weighted by atomic mass is 10.2. The first kappa shape index (κ1) is 22.0. The van der Waals surface area contributed by atoms with Gasteiger partial charge in [0.1, 0.15) is 0 Å². The monoisotopic (exact) mass is 463 g/mol. The first-order valence-corrected chi connectivity index (χ1v) is 12.1. The molecule has 4 rings (SSSR count). The normalized spacial score (nSPS) is 17.4. The van der Waals surface area contributed by atoms with Crippen LogP contribution in [-0.4, -0.2) is 60.4 Å². The van der Waals surface area contributed by atoms with Gasteiger partial charge in [0.15, 0.2) is 16.7 Å². The van der Waals surface area contributed by atoms with Crippen molar-refractivity contribution in [1.82, 2.24) is 14.9 Å². The Hall–Kier alpha value is -2.17. The summed E-state index contributed by atoms with van der Waals surface area (Å²) in [7, 11) is 3.11. The van der Waals surface area contributed by atoms with Gasteiger partial charge in [0, 0.05) is 31.4 Å². The zero-order chi connectivity index (χ0) is 21.8. The molecule has 0 radical (unpaired) electrons. The zero-order valence-corrected chi connectivity index (χ0v) is 19.1. The van der Waals surface area contributed by atoms with Crippen LogP contribution in [0.15, 0.2) is 33.0 Å². The van der Waals surface area contributed by atoms with Gasteiger partial charge in [-0.15, -0.1) is 11.8 Å². The molecule has 166 valence electrons. The van der Waals surface area contributed by atoms with Crippen LogP contribution >= 0.6 is 23.5 Å². The van der Waals surface area contributed by atoms with E-state index in [9.17, 15) is 9.59 Å². The summed E-state index contributed by atoms with van der Waals surface area (Å²) < 4.78 is 17.8. The molecule has 1 aromatic carbocycles. The Morgan fingerprint density at radius 3 is 2.94 bits per heavy atom. The average Bonchev–Trinajstić information content (AvgIpc) is 3.48. The Morgan fingerprint density at radius 2 is 2.19 bits per heavy atom. The van der Waals surface area contributed by atoms with Crippen LogP contribution in [0.5, 0.6) is 11.5 Å². The molecule has 1 amide bonds. The first-order valence-electron chi connectivity index (χ1n) is 10.1. The second-order valence-electron chi connectivity index (χ2n) is 7.18. The number of aryl methyl sites for hydroxylation is 1. The van der Waals surface area contributed by atoms with E-state index in [0.29, 0.717) is 33.8 Å². The summed E-state index contributed by atoms with van der Waals surface area (Å²) in [6.07, 6.45) is 2.84. The van der Waals surface area contributed by atoms with Crippen molar-refractivity contribution >= 4 is 29.4 Å². The number of rotatable bonds is 8. The smallest absolute Gasteiger partial charge is 0.272 e. The summed E-state index contributed by atoms with van der Waals surface area (Å²) in [6, 6.07) is 5.29. The molecular weight excluding hydrogens is 438 g/mol. The number of nitrogens with zero attached hydrogens (tertiary/aromatic N) is 2. The van der Waals surface area contributed by atoms with Crippen LogP contribution in [0.3, 0.4) is 0 Å². The number of ether oxygens (including phenoxy) is 3. The number of aromatic nitrogens is 2. The van der Waals surface area contributed by atoms with E-state index in [1.54, 1.807) is 37.0 Å². The molecule has 0 aliphatic carbocycles. The predicted molar refractivity (Wildman–Crippen MR) is 120 cm³/mol. The predicted octanol–water partition coefficient (Wildman–Crippen LogP) is 2.29.